The lowest BCUT2D eigenvalue weighted by Gasteiger charge is -2.31. The van der Waals surface area contributed by atoms with Crippen molar-refractivity contribution < 1.29 is 27.4 Å². The van der Waals surface area contributed by atoms with Crippen molar-refractivity contribution >= 4 is 0 Å². The molecule has 0 spiro atoms. The molecule has 0 saturated carbocycles. The zero-order valence-electron chi connectivity index (χ0n) is 11.7. The molecule has 2 unspecified atom stereocenters. The molecule has 1 aromatic carbocycles. The Kier molecular flexibility index (Phi) is 3.29. The zero-order chi connectivity index (χ0) is 15.3. The van der Waals surface area contributed by atoms with E-state index in [1.807, 2.05) is 0 Å². The number of fused-ring (bicyclic) bond motifs is 2. The predicted molar refractivity (Wildman–Crippen MR) is 68.6 cm³/mol. The largest absolute Gasteiger partial charge is 0.493 e. The van der Waals surface area contributed by atoms with Crippen molar-refractivity contribution in [3.05, 3.63) is 23.3 Å². The van der Waals surface area contributed by atoms with Crippen molar-refractivity contribution in [2.75, 3.05) is 27.4 Å². The molecule has 2 atom stereocenters. The summed E-state index contributed by atoms with van der Waals surface area (Å²) in [5.74, 6) is -0.235. The fraction of sp³-hybridized carbons (Fsp3) is 0.571. The molecular weight excluding hydrogens is 287 g/mol. The van der Waals surface area contributed by atoms with Gasteiger partial charge in [-0.3, -0.25) is 0 Å². The molecule has 116 valence electrons. The molecule has 2 bridgehead atoms. The van der Waals surface area contributed by atoms with Crippen molar-refractivity contribution in [2.24, 2.45) is 0 Å². The fourth-order valence-electron chi connectivity index (χ4n) is 3.21. The lowest BCUT2D eigenvalue weighted by Crippen LogP contribution is -2.38. The van der Waals surface area contributed by atoms with Gasteiger partial charge in [0.2, 0.25) is 0 Å². The lowest BCUT2D eigenvalue weighted by atomic mass is 9.88. The Balaban J connectivity index is 2.21. The highest BCUT2D eigenvalue weighted by molar-refractivity contribution is 5.54. The number of morpholine rings is 1. The standard InChI is InChI=1S/C14H16F3NO3/c1-19-10-4-3-9(11(12(10)20-2)14(15,16)17)13-5-8(6-21-13)18-7-13/h3-4,8,18H,5-7H2,1-2H3. The summed E-state index contributed by atoms with van der Waals surface area (Å²) in [5, 5.41) is 3.18. The fourth-order valence-corrected chi connectivity index (χ4v) is 3.21. The van der Waals surface area contributed by atoms with Crippen LogP contribution in [0.1, 0.15) is 17.5 Å². The second-order valence-electron chi connectivity index (χ2n) is 5.31. The Morgan fingerprint density at radius 1 is 1.29 bits per heavy atom. The number of ether oxygens (including phenoxy) is 3. The Morgan fingerprint density at radius 2 is 2.05 bits per heavy atom. The smallest absolute Gasteiger partial charge is 0.420 e. The van der Waals surface area contributed by atoms with Gasteiger partial charge in [-0.2, -0.15) is 13.2 Å². The third kappa shape index (κ3) is 2.15. The molecule has 0 amide bonds. The van der Waals surface area contributed by atoms with E-state index < -0.39 is 17.3 Å². The average Bonchev–Trinajstić information content (AvgIpc) is 3.06. The molecule has 4 nitrogen and oxygen atoms in total. The second-order valence-corrected chi connectivity index (χ2v) is 5.31. The molecule has 0 aliphatic carbocycles. The van der Waals surface area contributed by atoms with E-state index in [0.717, 1.165) is 0 Å². The number of nitrogens with one attached hydrogen (secondary N) is 1. The maximum atomic E-state index is 13.6. The third-order valence-electron chi connectivity index (χ3n) is 4.13. The number of benzene rings is 1. The van der Waals surface area contributed by atoms with Crippen LogP contribution in [-0.2, 0) is 16.5 Å². The Labute approximate surface area is 120 Å². The molecule has 2 saturated heterocycles. The Hall–Kier alpha value is -1.47. The van der Waals surface area contributed by atoms with Crippen molar-refractivity contribution in [1.29, 1.82) is 0 Å². The molecule has 21 heavy (non-hydrogen) atoms. The Bertz CT molecular complexity index is 551. The van der Waals surface area contributed by atoms with Crippen molar-refractivity contribution in [3.8, 4) is 11.5 Å². The molecule has 1 N–H and O–H groups in total. The maximum absolute atomic E-state index is 13.6. The lowest BCUT2D eigenvalue weighted by molar-refractivity contribution is -0.142. The molecule has 7 heteroatoms. The minimum Gasteiger partial charge on any atom is -0.493 e. The predicted octanol–water partition coefficient (Wildman–Crippen LogP) is 2.31. The molecular formula is C14H16F3NO3. The first kappa shape index (κ1) is 14.5. The van der Waals surface area contributed by atoms with E-state index in [2.05, 4.69) is 5.32 Å². The number of hydrogen-bond acceptors (Lipinski definition) is 4. The van der Waals surface area contributed by atoms with Gasteiger partial charge >= 0.3 is 6.18 Å². The number of halogens is 3. The zero-order valence-corrected chi connectivity index (χ0v) is 11.7. The van der Waals surface area contributed by atoms with E-state index in [0.29, 0.717) is 19.6 Å². The monoisotopic (exact) mass is 303 g/mol. The average molecular weight is 303 g/mol. The highest BCUT2D eigenvalue weighted by Crippen LogP contribution is 2.51. The van der Waals surface area contributed by atoms with Crippen LogP contribution in [0.3, 0.4) is 0 Å². The molecule has 2 aliphatic heterocycles. The second kappa shape index (κ2) is 4.78. The highest BCUT2D eigenvalue weighted by atomic mass is 19.4. The minimum atomic E-state index is -4.55. The van der Waals surface area contributed by atoms with Gasteiger partial charge in [-0.1, -0.05) is 6.07 Å². The van der Waals surface area contributed by atoms with Gasteiger partial charge in [0.05, 0.1) is 20.8 Å². The van der Waals surface area contributed by atoms with Gasteiger partial charge in [0.15, 0.2) is 11.5 Å². The highest BCUT2D eigenvalue weighted by Gasteiger charge is 2.52. The van der Waals surface area contributed by atoms with Crippen molar-refractivity contribution in [1.82, 2.24) is 5.32 Å². The molecule has 2 aliphatic rings. The van der Waals surface area contributed by atoms with Crippen LogP contribution in [-0.4, -0.2) is 33.4 Å². The summed E-state index contributed by atoms with van der Waals surface area (Å²) < 4.78 is 56.4. The van der Waals surface area contributed by atoms with Gasteiger partial charge in [0.25, 0.3) is 0 Å². The summed E-state index contributed by atoms with van der Waals surface area (Å²) in [5.41, 5.74) is -1.64. The Morgan fingerprint density at radius 3 is 2.48 bits per heavy atom. The van der Waals surface area contributed by atoms with Crippen molar-refractivity contribution in [2.45, 2.75) is 24.2 Å². The maximum Gasteiger partial charge on any atom is 0.420 e. The van der Waals surface area contributed by atoms with Gasteiger partial charge in [0.1, 0.15) is 11.2 Å². The van der Waals surface area contributed by atoms with E-state index in [1.165, 1.54) is 26.4 Å². The summed E-state index contributed by atoms with van der Waals surface area (Å²) in [7, 11) is 2.52. The number of rotatable bonds is 3. The van der Waals surface area contributed by atoms with Crippen LogP contribution in [0.15, 0.2) is 12.1 Å². The summed E-state index contributed by atoms with van der Waals surface area (Å²) in [6.45, 7) is 0.794. The van der Waals surface area contributed by atoms with E-state index >= 15 is 0 Å². The van der Waals surface area contributed by atoms with Gasteiger partial charge in [-0.05, 0) is 12.5 Å². The first-order chi connectivity index (χ1) is 9.91. The van der Waals surface area contributed by atoms with E-state index in [9.17, 15) is 13.2 Å². The van der Waals surface area contributed by atoms with Crippen LogP contribution in [0, 0.1) is 0 Å². The topological polar surface area (TPSA) is 39.7 Å². The molecule has 1 aromatic rings. The van der Waals surface area contributed by atoms with Crippen LogP contribution in [0.25, 0.3) is 0 Å². The normalized spacial score (nSPS) is 28.0. The number of alkyl halides is 3. The molecule has 0 radical (unpaired) electrons. The summed E-state index contributed by atoms with van der Waals surface area (Å²) in [6.07, 6.45) is -4.01. The molecule has 0 aromatic heterocycles. The van der Waals surface area contributed by atoms with Crippen LogP contribution in [0.2, 0.25) is 0 Å². The third-order valence-corrected chi connectivity index (χ3v) is 4.13. The summed E-state index contributed by atoms with van der Waals surface area (Å²) >= 11 is 0. The first-order valence-corrected chi connectivity index (χ1v) is 6.61. The quantitative estimate of drug-likeness (QED) is 0.930. The van der Waals surface area contributed by atoms with Gasteiger partial charge in [-0.15, -0.1) is 0 Å². The van der Waals surface area contributed by atoms with Gasteiger partial charge in [0, 0.05) is 18.2 Å². The van der Waals surface area contributed by atoms with E-state index in [-0.39, 0.29) is 23.1 Å². The number of methoxy groups -OCH3 is 2. The van der Waals surface area contributed by atoms with Crippen molar-refractivity contribution in [3.63, 3.8) is 0 Å². The van der Waals surface area contributed by atoms with Gasteiger partial charge in [-0.25, -0.2) is 0 Å². The SMILES string of the molecule is COc1ccc(C23CNC(CO2)C3)c(C(F)(F)F)c1OC. The molecule has 2 fully saturated rings. The van der Waals surface area contributed by atoms with E-state index in [4.69, 9.17) is 14.2 Å². The first-order valence-electron chi connectivity index (χ1n) is 6.61. The summed E-state index contributed by atoms with van der Waals surface area (Å²) in [4.78, 5) is 0. The minimum absolute atomic E-state index is 0.0606. The van der Waals surface area contributed by atoms with Crippen LogP contribution in [0.5, 0.6) is 11.5 Å². The van der Waals surface area contributed by atoms with Crippen LogP contribution in [0.4, 0.5) is 13.2 Å². The van der Waals surface area contributed by atoms with Crippen LogP contribution >= 0.6 is 0 Å². The van der Waals surface area contributed by atoms with Crippen LogP contribution < -0.4 is 14.8 Å². The molecule has 3 rings (SSSR count). The van der Waals surface area contributed by atoms with Gasteiger partial charge < -0.3 is 19.5 Å². The number of hydrogen-bond donors (Lipinski definition) is 1. The summed E-state index contributed by atoms with van der Waals surface area (Å²) in [6, 6.07) is 3.03. The molecule has 2 heterocycles. The van der Waals surface area contributed by atoms with E-state index in [1.54, 1.807) is 0 Å².